The van der Waals surface area contributed by atoms with Crippen molar-refractivity contribution in [3.63, 3.8) is 0 Å². The van der Waals surface area contributed by atoms with Crippen LogP contribution in [-0.2, 0) is 17.1 Å². The maximum absolute atomic E-state index is 12.5. The molecule has 21 heavy (non-hydrogen) atoms. The SMILES string of the molecule is Cn1ccc(C2CCN(S(=O)(=O)c3ccc(Cl)s3)CC2)n1. The van der Waals surface area contributed by atoms with E-state index in [4.69, 9.17) is 11.6 Å². The van der Waals surface area contributed by atoms with E-state index in [2.05, 4.69) is 5.10 Å². The summed E-state index contributed by atoms with van der Waals surface area (Å²) in [7, 11) is -1.51. The first-order valence-electron chi connectivity index (χ1n) is 6.72. The molecule has 0 saturated carbocycles. The summed E-state index contributed by atoms with van der Waals surface area (Å²) in [6.07, 6.45) is 3.52. The first-order chi connectivity index (χ1) is 9.96. The second-order valence-electron chi connectivity index (χ2n) is 5.15. The van der Waals surface area contributed by atoms with Crippen LogP contribution in [0.15, 0.2) is 28.6 Å². The summed E-state index contributed by atoms with van der Waals surface area (Å²) >= 11 is 6.94. The predicted molar refractivity (Wildman–Crippen MR) is 83.3 cm³/mol. The van der Waals surface area contributed by atoms with Crippen molar-refractivity contribution in [1.29, 1.82) is 0 Å². The van der Waals surface area contributed by atoms with Gasteiger partial charge in [0.25, 0.3) is 10.0 Å². The van der Waals surface area contributed by atoms with Gasteiger partial charge in [0.05, 0.1) is 10.0 Å². The largest absolute Gasteiger partial charge is 0.276 e. The van der Waals surface area contributed by atoms with Gasteiger partial charge < -0.3 is 0 Å². The third-order valence-corrected chi connectivity index (χ3v) is 7.35. The summed E-state index contributed by atoms with van der Waals surface area (Å²) < 4.78 is 29.2. The molecule has 0 unspecified atom stereocenters. The van der Waals surface area contributed by atoms with Crippen LogP contribution in [0.2, 0.25) is 4.34 Å². The van der Waals surface area contributed by atoms with Gasteiger partial charge in [0.15, 0.2) is 0 Å². The molecule has 0 bridgehead atoms. The maximum Gasteiger partial charge on any atom is 0.252 e. The summed E-state index contributed by atoms with van der Waals surface area (Å²) in [5.41, 5.74) is 1.05. The van der Waals surface area contributed by atoms with E-state index in [0.717, 1.165) is 29.9 Å². The molecule has 1 aliphatic rings. The van der Waals surface area contributed by atoms with Crippen LogP contribution in [0.25, 0.3) is 0 Å². The summed E-state index contributed by atoms with van der Waals surface area (Å²) in [5, 5.41) is 4.42. The fourth-order valence-corrected chi connectivity index (χ4v) is 5.71. The average Bonchev–Trinajstić information content (AvgIpc) is 3.08. The zero-order chi connectivity index (χ0) is 15.0. The molecule has 0 spiro atoms. The topological polar surface area (TPSA) is 55.2 Å². The van der Waals surface area contributed by atoms with Gasteiger partial charge in [-0.1, -0.05) is 11.6 Å². The van der Waals surface area contributed by atoms with E-state index >= 15 is 0 Å². The van der Waals surface area contributed by atoms with Crippen LogP contribution in [0.5, 0.6) is 0 Å². The Kier molecular flexibility index (Phi) is 4.09. The molecular weight excluding hydrogens is 330 g/mol. The molecule has 8 heteroatoms. The Balaban J connectivity index is 1.71. The number of hydrogen-bond donors (Lipinski definition) is 0. The van der Waals surface area contributed by atoms with Gasteiger partial charge in [-0.3, -0.25) is 4.68 Å². The van der Waals surface area contributed by atoms with Crippen LogP contribution in [0.1, 0.15) is 24.5 Å². The number of aromatic nitrogens is 2. The quantitative estimate of drug-likeness (QED) is 0.859. The molecule has 0 radical (unpaired) electrons. The molecule has 1 aliphatic heterocycles. The van der Waals surface area contributed by atoms with Gasteiger partial charge in [0.2, 0.25) is 0 Å². The lowest BCUT2D eigenvalue weighted by Gasteiger charge is -2.30. The van der Waals surface area contributed by atoms with Crippen LogP contribution < -0.4 is 0 Å². The molecule has 1 saturated heterocycles. The van der Waals surface area contributed by atoms with Crippen molar-refractivity contribution in [2.24, 2.45) is 7.05 Å². The van der Waals surface area contributed by atoms with Crippen molar-refractivity contribution < 1.29 is 8.42 Å². The molecular formula is C13H16ClN3O2S2. The van der Waals surface area contributed by atoms with Gasteiger partial charge in [-0.25, -0.2) is 8.42 Å². The highest BCUT2D eigenvalue weighted by atomic mass is 35.5. The van der Waals surface area contributed by atoms with Crippen LogP contribution >= 0.6 is 22.9 Å². The highest BCUT2D eigenvalue weighted by Crippen LogP contribution is 2.32. The summed E-state index contributed by atoms with van der Waals surface area (Å²) in [4.78, 5) is 0. The Morgan fingerprint density at radius 1 is 1.29 bits per heavy atom. The third kappa shape index (κ3) is 3.01. The Morgan fingerprint density at radius 2 is 2.00 bits per heavy atom. The van der Waals surface area contributed by atoms with Crippen molar-refractivity contribution in [3.05, 3.63) is 34.4 Å². The van der Waals surface area contributed by atoms with Crippen LogP contribution in [0, 0.1) is 0 Å². The molecule has 5 nitrogen and oxygen atoms in total. The van der Waals surface area contributed by atoms with E-state index in [9.17, 15) is 8.42 Å². The summed E-state index contributed by atoms with van der Waals surface area (Å²) in [5.74, 6) is 0.338. The highest BCUT2D eigenvalue weighted by Gasteiger charge is 2.31. The normalized spacial score (nSPS) is 18.2. The molecule has 0 atom stereocenters. The maximum atomic E-state index is 12.5. The monoisotopic (exact) mass is 345 g/mol. The number of halogens is 1. The standard InChI is InChI=1S/C13H16ClN3O2S2/c1-16-7-6-11(15-16)10-4-8-17(9-5-10)21(18,19)13-3-2-12(14)20-13/h2-3,6-7,10H,4-5,8-9H2,1H3. The molecule has 0 amide bonds. The van der Waals surface area contributed by atoms with Crippen LogP contribution in [0.3, 0.4) is 0 Å². The molecule has 0 N–H and O–H groups in total. The lowest BCUT2D eigenvalue weighted by molar-refractivity contribution is 0.316. The lowest BCUT2D eigenvalue weighted by Crippen LogP contribution is -2.37. The van der Waals surface area contributed by atoms with Crippen molar-refractivity contribution in [1.82, 2.24) is 14.1 Å². The molecule has 3 rings (SSSR count). The number of sulfonamides is 1. The molecule has 2 aromatic rings. The van der Waals surface area contributed by atoms with E-state index in [-0.39, 0.29) is 0 Å². The van der Waals surface area contributed by atoms with E-state index in [0.29, 0.717) is 27.6 Å². The highest BCUT2D eigenvalue weighted by molar-refractivity contribution is 7.91. The van der Waals surface area contributed by atoms with Crippen LogP contribution in [0.4, 0.5) is 0 Å². The summed E-state index contributed by atoms with van der Waals surface area (Å²) in [6.45, 7) is 1.05. The third-order valence-electron chi connectivity index (χ3n) is 3.75. The molecule has 114 valence electrons. The minimum absolute atomic E-state index is 0.323. The lowest BCUT2D eigenvalue weighted by atomic mass is 9.95. The van der Waals surface area contributed by atoms with Gasteiger partial charge >= 0.3 is 0 Å². The second kappa shape index (κ2) is 5.72. The molecule has 3 heterocycles. The summed E-state index contributed by atoms with van der Waals surface area (Å²) in [6, 6.07) is 5.21. The molecule has 2 aromatic heterocycles. The zero-order valence-corrected chi connectivity index (χ0v) is 14.0. The number of hydrogen-bond acceptors (Lipinski definition) is 4. The Morgan fingerprint density at radius 3 is 2.52 bits per heavy atom. The first-order valence-corrected chi connectivity index (χ1v) is 9.35. The molecule has 1 fully saturated rings. The fraction of sp³-hybridized carbons (Fsp3) is 0.462. The van der Waals surface area contributed by atoms with E-state index in [1.807, 2.05) is 19.3 Å². The molecule has 0 aromatic carbocycles. The number of aryl methyl sites for hydroxylation is 1. The fourth-order valence-electron chi connectivity index (χ4n) is 2.61. The number of piperidine rings is 1. The number of rotatable bonds is 3. The van der Waals surface area contributed by atoms with Gasteiger partial charge in [-0.2, -0.15) is 9.40 Å². The van der Waals surface area contributed by atoms with Crippen molar-refractivity contribution in [3.8, 4) is 0 Å². The van der Waals surface area contributed by atoms with Gasteiger partial charge in [0.1, 0.15) is 4.21 Å². The van der Waals surface area contributed by atoms with E-state index < -0.39 is 10.0 Å². The minimum atomic E-state index is -3.40. The first kappa shape index (κ1) is 15.0. The second-order valence-corrected chi connectivity index (χ2v) is 9.03. The Labute approximate surface area is 133 Å². The van der Waals surface area contributed by atoms with Crippen LogP contribution in [-0.4, -0.2) is 35.6 Å². The van der Waals surface area contributed by atoms with Crippen molar-refractivity contribution in [2.75, 3.05) is 13.1 Å². The van der Waals surface area contributed by atoms with Crippen molar-refractivity contribution in [2.45, 2.75) is 23.0 Å². The minimum Gasteiger partial charge on any atom is -0.276 e. The van der Waals surface area contributed by atoms with Gasteiger partial charge in [-0.15, -0.1) is 11.3 Å². The van der Waals surface area contributed by atoms with Gasteiger partial charge in [-0.05, 0) is 31.0 Å². The van der Waals surface area contributed by atoms with Crippen molar-refractivity contribution >= 4 is 33.0 Å². The average molecular weight is 346 g/mol. The molecule has 0 aliphatic carbocycles. The van der Waals surface area contributed by atoms with E-state index in [1.165, 1.54) is 0 Å². The Hall–Kier alpha value is -0.890. The smallest absolute Gasteiger partial charge is 0.252 e. The van der Waals surface area contributed by atoms with Gasteiger partial charge in [0, 0.05) is 32.3 Å². The number of nitrogens with zero attached hydrogens (tertiary/aromatic N) is 3. The van der Waals surface area contributed by atoms with E-state index in [1.54, 1.807) is 21.1 Å². The predicted octanol–water partition coefficient (Wildman–Crippen LogP) is 2.70. The Bertz CT molecular complexity index is 730. The zero-order valence-electron chi connectivity index (χ0n) is 11.6. The number of thiophene rings is 1.